The quantitative estimate of drug-likeness (QED) is 0.731. The summed E-state index contributed by atoms with van der Waals surface area (Å²) in [5.41, 5.74) is 0. The Bertz CT molecular complexity index is 305. The van der Waals surface area contributed by atoms with Gasteiger partial charge in [-0.1, -0.05) is 0 Å². The lowest BCUT2D eigenvalue weighted by molar-refractivity contribution is -0.129. The number of amides is 2. The highest BCUT2D eigenvalue weighted by Crippen LogP contribution is 2.11. The fourth-order valence-electron chi connectivity index (χ4n) is 2.18. The van der Waals surface area contributed by atoms with Crippen LogP contribution in [0.2, 0.25) is 0 Å². The molecule has 2 N–H and O–H groups in total. The standard InChI is InChI=1S/C11H19N3O2S/c1-8(5-14-4-2-3-10(14)15)13-11(16)9-6-17-7-12-9/h8-9,12H,2-7H2,1H3,(H,13,16). The molecular formula is C11H19N3O2S. The van der Waals surface area contributed by atoms with Crippen LogP contribution in [-0.4, -0.2) is 53.5 Å². The predicted octanol–water partition coefficient (Wildman–Crippen LogP) is -0.224. The Hall–Kier alpha value is -0.750. The van der Waals surface area contributed by atoms with Gasteiger partial charge in [-0.05, 0) is 13.3 Å². The van der Waals surface area contributed by atoms with Crippen LogP contribution in [0.25, 0.3) is 0 Å². The van der Waals surface area contributed by atoms with Gasteiger partial charge in [0.25, 0.3) is 0 Å². The van der Waals surface area contributed by atoms with Crippen molar-refractivity contribution in [3.8, 4) is 0 Å². The molecule has 0 aromatic heterocycles. The van der Waals surface area contributed by atoms with Crippen LogP contribution in [-0.2, 0) is 9.59 Å². The molecule has 5 nitrogen and oxygen atoms in total. The van der Waals surface area contributed by atoms with E-state index in [1.807, 2.05) is 11.8 Å². The zero-order valence-electron chi connectivity index (χ0n) is 10.1. The smallest absolute Gasteiger partial charge is 0.238 e. The van der Waals surface area contributed by atoms with E-state index in [-0.39, 0.29) is 23.9 Å². The molecule has 2 unspecified atom stereocenters. The average molecular weight is 257 g/mol. The van der Waals surface area contributed by atoms with E-state index in [9.17, 15) is 9.59 Å². The van der Waals surface area contributed by atoms with Gasteiger partial charge in [0.2, 0.25) is 11.8 Å². The first-order valence-electron chi connectivity index (χ1n) is 6.06. The minimum atomic E-state index is -0.0725. The molecule has 0 bridgehead atoms. The van der Waals surface area contributed by atoms with Crippen LogP contribution < -0.4 is 10.6 Å². The molecule has 2 saturated heterocycles. The number of hydrogen-bond donors (Lipinski definition) is 2. The lowest BCUT2D eigenvalue weighted by Gasteiger charge is -2.22. The Morgan fingerprint density at radius 3 is 3.12 bits per heavy atom. The van der Waals surface area contributed by atoms with E-state index in [2.05, 4.69) is 10.6 Å². The Morgan fingerprint density at radius 1 is 1.71 bits per heavy atom. The third kappa shape index (κ3) is 3.35. The number of likely N-dealkylation sites (tertiary alicyclic amines) is 1. The number of thioether (sulfide) groups is 1. The molecule has 2 atom stereocenters. The van der Waals surface area contributed by atoms with Crippen LogP contribution in [0.5, 0.6) is 0 Å². The summed E-state index contributed by atoms with van der Waals surface area (Å²) in [6, 6.07) is -0.0475. The second-order valence-corrected chi connectivity index (χ2v) is 5.66. The maximum atomic E-state index is 11.8. The van der Waals surface area contributed by atoms with Gasteiger partial charge in [0.05, 0.1) is 6.04 Å². The number of hydrogen-bond acceptors (Lipinski definition) is 4. The molecular weight excluding hydrogens is 238 g/mol. The van der Waals surface area contributed by atoms with Crippen molar-refractivity contribution in [1.82, 2.24) is 15.5 Å². The number of nitrogens with zero attached hydrogens (tertiary/aromatic N) is 1. The lowest BCUT2D eigenvalue weighted by atomic mass is 10.2. The van der Waals surface area contributed by atoms with Gasteiger partial charge in [-0.15, -0.1) is 11.8 Å². The average Bonchev–Trinajstić information content (AvgIpc) is 2.90. The highest BCUT2D eigenvalue weighted by Gasteiger charge is 2.26. The Morgan fingerprint density at radius 2 is 2.53 bits per heavy atom. The van der Waals surface area contributed by atoms with Crippen molar-refractivity contribution in [2.75, 3.05) is 24.7 Å². The summed E-state index contributed by atoms with van der Waals surface area (Å²) in [7, 11) is 0. The molecule has 17 heavy (non-hydrogen) atoms. The molecule has 2 heterocycles. The molecule has 0 aromatic rings. The lowest BCUT2D eigenvalue weighted by Crippen LogP contribution is -2.49. The van der Waals surface area contributed by atoms with Crippen molar-refractivity contribution < 1.29 is 9.59 Å². The number of carbonyl (C=O) groups excluding carboxylic acids is 2. The van der Waals surface area contributed by atoms with Crippen molar-refractivity contribution in [3.63, 3.8) is 0 Å². The summed E-state index contributed by atoms with van der Waals surface area (Å²) < 4.78 is 0. The zero-order valence-corrected chi connectivity index (χ0v) is 10.9. The molecule has 6 heteroatoms. The maximum Gasteiger partial charge on any atom is 0.238 e. The van der Waals surface area contributed by atoms with E-state index in [0.717, 1.165) is 24.6 Å². The largest absolute Gasteiger partial charge is 0.350 e. The first kappa shape index (κ1) is 12.7. The van der Waals surface area contributed by atoms with Gasteiger partial charge in [-0.25, -0.2) is 0 Å². The van der Waals surface area contributed by atoms with E-state index in [4.69, 9.17) is 0 Å². The summed E-state index contributed by atoms with van der Waals surface area (Å²) in [4.78, 5) is 25.1. The van der Waals surface area contributed by atoms with E-state index in [1.54, 1.807) is 11.8 Å². The summed E-state index contributed by atoms with van der Waals surface area (Å²) >= 11 is 1.73. The van der Waals surface area contributed by atoms with Crippen molar-refractivity contribution in [2.45, 2.75) is 31.8 Å². The van der Waals surface area contributed by atoms with Gasteiger partial charge in [0, 0.05) is 37.2 Å². The third-order valence-electron chi connectivity index (χ3n) is 3.09. The SMILES string of the molecule is CC(CN1CCCC1=O)NC(=O)C1CSCN1. The van der Waals surface area contributed by atoms with Crippen molar-refractivity contribution >= 4 is 23.6 Å². The summed E-state index contributed by atoms with van der Waals surface area (Å²) in [5.74, 6) is 1.94. The summed E-state index contributed by atoms with van der Waals surface area (Å²) in [6.07, 6.45) is 1.60. The highest BCUT2D eigenvalue weighted by molar-refractivity contribution is 7.99. The van der Waals surface area contributed by atoms with Crippen LogP contribution in [0.4, 0.5) is 0 Å². The Labute approximate surface area is 106 Å². The van der Waals surface area contributed by atoms with Crippen LogP contribution >= 0.6 is 11.8 Å². The van der Waals surface area contributed by atoms with E-state index < -0.39 is 0 Å². The van der Waals surface area contributed by atoms with Crippen molar-refractivity contribution in [2.24, 2.45) is 0 Å². The van der Waals surface area contributed by atoms with Gasteiger partial charge in [-0.2, -0.15) is 0 Å². The molecule has 2 fully saturated rings. The fourth-order valence-corrected chi connectivity index (χ4v) is 3.12. The minimum Gasteiger partial charge on any atom is -0.350 e. The Kier molecular flexibility index (Phi) is 4.28. The Balaban J connectivity index is 1.74. The third-order valence-corrected chi connectivity index (χ3v) is 4.03. The normalized spacial score (nSPS) is 26.3. The first-order valence-corrected chi connectivity index (χ1v) is 7.21. The van der Waals surface area contributed by atoms with Gasteiger partial charge in [0.15, 0.2) is 0 Å². The number of nitrogens with one attached hydrogen (secondary N) is 2. The zero-order chi connectivity index (χ0) is 12.3. The molecule has 2 amide bonds. The molecule has 0 aromatic carbocycles. The number of carbonyl (C=O) groups is 2. The van der Waals surface area contributed by atoms with E-state index >= 15 is 0 Å². The van der Waals surface area contributed by atoms with Crippen LogP contribution in [0.3, 0.4) is 0 Å². The van der Waals surface area contributed by atoms with Crippen molar-refractivity contribution in [1.29, 1.82) is 0 Å². The molecule has 0 spiro atoms. The molecule has 2 aliphatic heterocycles. The first-order chi connectivity index (χ1) is 8.16. The van der Waals surface area contributed by atoms with Crippen LogP contribution in [0.1, 0.15) is 19.8 Å². The predicted molar refractivity (Wildman–Crippen MR) is 67.7 cm³/mol. The maximum absolute atomic E-state index is 11.8. The van der Waals surface area contributed by atoms with Gasteiger partial charge >= 0.3 is 0 Å². The topological polar surface area (TPSA) is 61.4 Å². The van der Waals surface area contributed by atoms with Crippen molar-refractivity contribution in [3.05, 3.63) is 0 Å². The van der Waals surface area contributed by atoms with E-state index in [1.165, 1.54) is 0 Å². The molecule has 2 aliphatic rings. The molecule has 0 radical (unpaired) electrons. The second-order valence-electron chi connectivity index (χ2n) is 4.62. The van der Waals surface area contributed by atoms with Gasteiger partial charge < -0.3 is 10.2 Å². The van der Waals surface area contributed by atoms with Gasteiger partial charge in [0.1, 0.15) is 0 Å². The van der Waals surface area contributed by atoms with Crippen LogP contribution in [0, 0.1) is 0 Å². The monoisotopic (exact) mass is 257 g/mol. The molecule has 0 aliphatic carbocycles. The fraction of sp³-hybridized carbons (Fsp3) is 0.818. The highest BCUT2D eigenvalue weighted by atomic mass is 32.2. The molecule has 0 saturated carbocycles. The van der Waals surface area contributed by atoms with E-state index in [0.29, 0.717) is 13.0 Å². The second kappa shape index (κ2) is 5.73. The van der Waals surface area contributed by atoms with Crippen LogP contribution in [0.15, 0.2) is 0 Å². The summed E-state index contributed by atoms with van der Waals surface area (Å²) in [5, 5.41) is 6.10. The molecule has 96 valence electrons. The molecule has 2 rings (SSSR count). The number of rotatable bonds is 4. The van der Waals surface area contributed by atoms with Gasteiger partial charge in [-0.3, -0.25) is 14.9 Å². The minimum absolute atomic E-state index is 0.0250. The summed E-state index contributed by atoms with van der Waals surface area (Å²) in [6.45, 7) is 3.41.